The van der Waals surface area contributed by atoms with E-state index in [9.17, 15) is 17.4 Å². The maximum Gasteiger partial charge on any atom is 0.475 e. The Hall–Kier alpha value is -1.24. The fraction of sp³-hybridized carbons (Fsp3) is 0.500. The van der Waals surface area contributed by atoms with E-state index in [0.717, 1.165) is 18.9 Å². The smallest absolute Gasteiger partial charge is 0.475 e. The number of alkyl halides is 3. The number of benzene rings is 1. The van der Waals surface area contributed by atoms with Gasteiger partial charge < -0.3 is 9.47 Å². The maximum atomic E-state index is 12.4. The van der Waals surface area contributed by atoms with E-state index in [1.54, 1.807) is 0 Å². The molecule has 0 amide bonds. The van der Waals surface area contributed by atoms with Gasteiger partial charge in [0.2, 0.25) is 0 Å². The van der Waals surface area contributed by atoms with Crippen LogP contribution in [0, 0.1) is 5.92 Å². The Kier molecular flexibility index (Phi) is 4.03. The summed E-state index contributed by atoms with van der Waals surface area (Å²) in [5, 5.41) is 0. The first kappa shape index (κ1) is 14.2. The molecule has 0 aliphatic heterocycles. The summed E-state index contributed by atoms with van der Waals surface area (Å²) in [6.45, 7) is 0.546. The molecule has 7 heteroatoms. The van der Waals surface area contributed by atoms with Gasteiger partial charge in [0.25, 0.3) is 0 Å². The lowest BCUT2D eigenvalue weighted by atomic mass is 10.3. The Bertz CT molecular complexity index is 484. The third kappa shape index (κ3) is 3.62. The van der Waals surface area contributed by atoms with Crippen molar-refractivity contribution in [3.05, 3.63) is 18.2 Å². The van der Waals surface area contributed by atoms with E-state index >= 15 is 0 Å². The highest BCUT2D eigenvalue weighted by Crippen LogP contribution is 2.35. The van der Waals surface area contributed by atoms with Crippen LogP contribution >= 0.6 is 0 Å². The second-order valence-corrected chi connectivity index (χ2v) is 5.72. The molecule has 0 saturated heterocycles. The number of hydrogen-bond donors (Lipinski definition) is 0. The summed E-state index contributed by atoms with van der Waals surface area (Å²) in [6, 6.07) is 3.84. The molecule has 1 unspecified atom stereocenters. The van der Waals surface area contributed by atoms with Gasteiger partial charge in [-0.25, -0.2) is 4.21 Å². The summed E-state index contributed by atoms with van der Waals surface area (Å²) in [7, 11) is -1.87. The third-order valence-electron chi connectivity index (χ3n) is 2.73. The fourth-order valence-corrected chi connectivity index (χ4v) is 2.28. The van der Waals surface area contributed by atoms with E-state index in [-0.39, 0.29) is 5.75 Å². The van der Waals surface area contributed by atoms with Crippen molar-refractivity contribution in [2.75, 3.05) is 13.7 Å². The summed E-state index contributed by atoms with van der Waals surface area (Å²) in [5.74, 6) is 0.880. The van der Waals surface area contributed by atoms with Crippen LogP contribution in [-0.4, -0.2) is 23.4 Å². The van der Waals surface area contributed by atoms with E-state index in [0.29, 0.717) is 18.3 Å². The molecule has 0 bridgehead atoms. The molecule has 19 heavy (non-hydrogen) atoms. The average molecular weight is 294 g/mol. The van der Waals surface area contributed by atoms with Gasteiger partial charge in [-0.05, 0) is 30.9 Å². The van der Waals surface area contributed by atoms with Gasteiger partial charge in [-0.1, -0.05) is 0 Å². The predicted molar refractivity (Wildman–Crippen MR) is 63.7 cm³/mol. The summed E-state index contributed by atoms with van der Waals surface area (Å²) in [5.41, 5.74) is -4.80. The molecule has 0 N–H and O–H groups in total. The number of hydrogen-bond acceptors (Lipinski definition) is 3. The highest BCUT2D eigenvalue weighted by Gasteiger charge is 2.39. The standard InChI is InChI=1S/C12H13F3O3S/c1-17-10-6-9(18-7-8-2-3-8)4-5-11(10)19(16)12(13,14)15/h4-6,8H,2-3,7H2,1H3. The Morgan fingerprint density at radius 2 is 2.05 bits per heavy atom. The molecule has 3 nitrogen and oxygen atoms in total. The molecular formula is C12H13F3O3S. The van der Waals surface area contributed by atoms with Gasteiger partial charge in [0, 0.05) is 6.07 Å². The third-order valence-corrected chi connectivity index (χ3v) is 3.88. The van der Waals surface area contributed by atoms with Crippen LogP contribution < -0.4 is 9.47 Å². The van der Waals surface area contributed by atoms with Crippen LogP contribution in [-0.2, 0) is 10.8 Å². The van der Waals surface area contributed by atoms with Gasteiger partial charge in [0.05, 0.1) is 18.6 Å². The number of halogens is 3. The Labute approximate surface area is 111 Å². The topological polar surface area (TPSA) is 35.5 Å². The summed E-state index contributed by atoms with van der Waals surface area (Å²) in [6.07, 6.45) is 2.24. The van der Waals surface area contributed by atoms with Crippen LogP contribution in [0.2, 0.25) is 0 Å². The lowest BCUT2D eigenvalue weighted by Gasteiger charge is -2.12. The fourth-order valence-electron chi connectivity index (χ4n) is 1.51. The lowest BCUT2D eigenvalue weighted by Crippen LogP contribution is -2.17. The zero-order chi connectivity index (χ0) is 14.0. The first-order valence-electron chi connectivity index (χ1n) is 5.71. The predicted octanol–water partition coefficient (Wildman–Crippen LogP) is 3.11. The molecule has 1 saturated carbocycles. The van der Waals surface area contributed by atoms with Gasteiger partial charge in [-0.2, -0.15) is 13.2 Å². The monoisotopic (exact) mass is 294 g/mol. The largest absolute Gasteiger partial charge is 0.495 e. The molecule has 0 heterocycles. The lowest BCUT2D eigenvalue weighted by molar-refractivity contribution is -0.0385. The molecule has 1 aliphatic carbocycles. The highest BCUT2D eigenvalue weighted by atomic mass is 32.2. The minimum Gasteiger partial charge on any atom is -0.495 e. The molecule has 1 aromatic carbocycles. The van der Waals surface area contributed by atoms with Crippen molar-refractivity contribution in [1.29, 1.82) is 0 Å². The summed E-state index contributed by atoms with van der Waals surface area (Å²) >= 11 is 0. The van der Waals surface area contributed by atoms with E-state index in [1.165, 1.54) is 19.2 Å². The van der Waals surface area contributed by atoms with Gasteiger partial charge in [0.15, 0.2) is 10.8 Å². The molecule has 106 valence electrons. The van der Waals surface area contributed by atoms with Crippen molar-refractivity contribution < 1.29 is 26.9 Å². The first-order valence-corrected chi connectivity index (χ1v) is 6.86. The Balaban J connectivity index is 2.17. The van der Waals surface area contributed by atoms with Gasteiger partial charge >= 0.3 is 5.51 Å². The molecule has 0 radical (unpaired) electrons. The van der Waals surface area contributed by atoms with Gasteiger partial charge in [-0.3, -0.25) is 0 Å². The maximum absolute atomic E-state index is 12.4. The average Bonchev–Trinajstić information content (AvgIpc) is 3.18. The quantitative estimate of drug-likeness (QED) is 0.837. The van der Waals surface area contributed by atoms with Crippen LogP contribution in [0.4, 0.5) is 13.2 Å². The first-order chi connectivity index (χ1) is 8.91. The van der Waals surface area contributed by atoms with Crippen LogP contribution in [0.25, 0.3) is 0 Å². The highest BCUT2D eigenvalue weighted by molar-refractivity contribution is 7.86. The van der Waals surface area contributed by atoms with Crippen LogP contribution in [0.3, 0.4) is 0 Å². The second kappa shape index (κ2) is 5.40. The van der Waals surface area contributed by atoms with Crippen molar-refractivity contribution >= 4 is 10.8 Å². The van der Waals surface area contributed by atoms with Crippen molar-refractivity contribution in [3.8, 4) is 11.5 Å². The van der Waals surface area contributed by atoms with Crippen LogP contribution in [0.5, 0.6) is 11.5 Å². The summed E-state index contributed by atoms with van der Waals surface area (Å²) < 4.78 is 58.9. The molecule has 1 atom stereocenters. The van der Waals surface area contributed by atoms with E-state index in [2.05, 4.69) is 0 Å². The van der Waals surface area contributed by atoms with Crippen LogP contribution in [0.1, 0.15) is 12.8 Å². The van der Waals surface area contributed by atoms with Crippen molar-refractivity contribution in [2.45, 2.75) is 23.2 Å². The molecule has 1 aromatic rings. The molecule has 1 aliphatic rings. The minimum atomic E-state index is -4.80. The molecular weight excluding hydrogens is 281 g/mol. The normalized spacial score (nSPS) is 17.1. The molecule has 2 rings (SSSR count). The van der Waals surface area contributed by atoms with Crippen LogP contribution in [0.15, 0.2) is 23.1 Å². The molecule has 0 spiro atoms. The zero-order valence-corrected chi connectivity index (χ0v) is 11.0. The number of rotatable bonds is 5. The number of methoxy groups -OCH3 is 1. The minimum absolute atomic E-state index is 0.0797. The molecule has 1 fully saturated rings. The van der Waals surface area contributed by atoms with E-state index < -0.39 is 21.2 Å². The zero-order valence-electron chi connectivity index (χ0n) is 10.2. The van der Waals surface area contributed by atoms with E-state index in [1.807, 2.05) is 0 Å². The van der Waals surface area contributed by atoms with Gasteiger partial charge in [0.1, 0.15) is 11.5 Å². The second-order valence-electron chi connectivity index (χ2n) is 4.28. The molecule has 0 aromatic heterocycles. The Morgan fingerprint density at radius 3 is 2.58 bits per heavy atom. The van der Waals surface area contributed by atoms with Crippen molar-refractivity contribution in [3.63, 3.8) is 0 Å². The Morgan fingerprint density at radius 1 is 1.37 bits per heavy atom. The number of ether oxygens (including phenoxy) is 2. The van der Waals surface area contributed by atoms with Gasteiger partial charge in [-0.15, -0.1) is 0 Å². The van der Waals surface area contributed by atoms with Crippen molar-refractivity contribution in [1.82, 2.24) is 0 Å². The summed E-state index contributed by atoms with van der Waals surface area (Å²) in [4.78, 5) is -0.395. The van der Waals surface area contributed by atoms with Crippen molar-refractivity contribution in [2.24, 2.45) is 5.92 Å². The van der Waals surface area contributed by atoms with E-state index in [4.69, 9.17) is 9.47 Å². The SMILES string of the molecule is COc1cc(OCC2CC2)ccc1S(=O)C(F)(F)F.